The summed E-state index contributed by atoms with van der Waals surface area (Å²) in [5.41, 5.74) is 1.73. The molecule has 1 atom stereocenters. The second kappa shape index (κ2) is 12.5. The lowest BCUT2D eigenvalue weighted by molar-refractivity contribution is -0.134. The van der Waals surface area contributed by atoms with Crippen molar-refractivity contribution >= 4 is 23.5 Å². The Hall–Kier alpha value is -1.89. The minimum Gasteiger partial charge on any atom is -0.478 e. The van der Waals surface area contributed by atoms with Crippen molar-refractivity contribution in [2.24, 2.45) is 0 Å². The summed E-state index contributed by atoms with van der Waals surface area (Å²) in [6, 6.07) is 8.97. The van der Waals surface area contributed by atoms with Crippen LogP contribution >= 0.6 is 11.6 Å². The Morgan fingerprint density at radius 1 is 1.21 bits per heavy atom. The number of carbonyl (C=O) groups is 2. The van der Waals surface area contributed by atoms with E-state index in [4.69, 9.17) is 26.6 Å². The van der Waals surface area contributed by atoms with Crippen molar-refractivity contribution in [3.63, 3.8) is 0 Å². The van der Waals surface area contributed by atoms with E-state index in [1.165, 1.54) is 31.2 Å². The molecule has 0 aromatic heterocycles. The molecule has 1 aliphatic rings. The predicted molar refractivity (Wildman–Crippen MR) is 110 cm³/mol. The molecule has 0 amide bonds. The van der Waals surface area contributed by atoms with Crippen LogP contribution in [0.15, 0.2) is 36.4 Å². The number of hydrogen-bond acceptors (Lipinski definition) is 4. The first kappa shape index (κ1) is 24.1. The number of aliphatic carboxylic acids is 2. The lowest BCUT2D eigenvalue weighted by Crippen LogP contribution is -2.51. The third-order valence-corrected chi connectivity index (χ3v) is 5.29. The molecule has 0 bridgehead atoms. The van der Waals surface area contributed by atoms with Crippen LogP contribution in [0.2, 0.25) is 5.02 Å². The largest absolute Gasteiger partial charge is 0.478 e. The van der Waals surface area contributed by atoms with Gasteiger partial charge in [-0.3, -0.25) is 0 Å². The van der Waals surface area contributed by atoms with E-state index in [2.05, 4.69) is 31.4 Å². The average Bonchev–Trinajstić information content (AvgIpc) is 2.63. The highest BCUT2D eigenvalue weighted by Crippen LogP contribution is 2.47. The summed E-state index contributed by atoms with van der Waals surface area (Å²) in [7, 11) is 2.08. The van der Waals surface area contributed by atoms with Crippen molar-refractivity contribution in [2.75, 3.05) is 20.3 Å². The minimum atomic E-state index is -1.26. The molecule has 3 N–H and O–H groups in total. The minimum absolute atomic E-state index is 0.297. The maximum absolute atomic E-state index is 9.55. The molecule has 0 saturated heterocycles. The van der Waals surface area contributed by atoms with Crippen molar-refractivity contribution in [1.29, 1.82) is 0 Å². The molecule has 0 heterocycles. The van der Waals surface area contributed by atoms with E-state index in [-0.39, 0.29) is 0 Å². The molecule has 1 aliphatic carbocycles. The standard InChI is InChI=1S/C17H26ClNO.C4H4O4/c1-3-20-13-4-6-16(19-2)17(11-5-12-17)14-7-9-15(18)10-8-14;5-3(6)1-2-4(7)8/h7-10,16,19H,3-6,11-13H2,1-2H3;1-2H,(H,5,6)(H,7,8)/b;2-1-. The zero-order valence-electron chi connectivity index (χ0n) is 16.5. The van der Waals surface area contributed by atoms with Gasteiger partial charge in [-0.1, -0.05) is 30.2 Å². The van der Waals surface area contributed by atoms with Crippen LogP contribution in [-0.4, -0.2) is 48.5 Å². The van der Waals surface area contributed by atoms with Gasteiger partial charge in [-0.25, -0.2) is 9.59 Å². The molecule has 1 unspecified atom stereocenters. The number of rotatable bonds is 10. The predicted octanol–water partition coefficient (Wildman–Crippen LogP) is 3.88. The third-order valence-electron chi connectivity index (χ3n) is 5.03. The van der Waals surface area contributed by atoms with Crippen LogP contribution in [0.1, 0.15) is 44.6 Å². The van der Waals surface area contributed by atoms with E-state index in [0.29, 0.717) is 23.6 Å². The Kier molecular flexibility index (Phi) is 10.8. The van der Waals surface area contributed by atoms with Crippen molar-refractivity contribution in [2.45, 2.75) is 50.5 Å². The first-order chi connectivity index (χ1) is 13.4. The van der Waals surface area contributed by atoms with Gasteiger partial charge in [0, 0.05) is 41.8 Å². The maximum Gasteiger partial charge on any atom is 0.328 e. The Bertz CT molecular complexity index is 625. The Labute approximate surface area is 171 Å². The Morgan fingerprint density at radius 3 is 2.18 bits per heavy atom. The molecule has 0 spiro atoms. The summed E-state index contributed by atoms with van der Waals surface area (Å²) in [4.78, 5) is 19.1. The molecule has 156 valence electrons. The Morgan fingerprint density at radius 2 is 1.79 bits per heavy atom. The van der Waals surface area contributed by atoms with Gasteiger partial charge in [0.2, 0.25) is 0 Å². The van der Waals surface area contributed by atoms with Crippen LogP contribution in [0.25, 0.3) is 0 Å². The number of benzene rings is 1. The van der Waals surface area contributed by atoms with Crippen molar-refractivity contribution < 1.29 is 24.5 Å². The number of halogens is 1. The molecule has 0 radical (unpaired) electrons. The summed E-state index contributed by atoms with van der Waals surface area (Å²) in [6.07, 6.45) is 7.27. The molecule has 1 saturated carbocycles. The highest BCUT2D eigenvalue weighted by atomic mass is 35.5. The second-order valence-corrected chi connectivity index (χ2v) is 7.14. The maximum atomic E-state index is 9.55. The topological polar surface area (TPSA) is 95.9 Å². The van der Waals surface area contributed by atoms with Crippen LogP contribution in [0.3, 0.4) is 0 Å². The summed E-state index contributed by atoms with van der Waals surface area (Å²) >= 11 is 6.02. The molecule has 1 fully saturated rings. The van der Waals surface area contributed by atoms with E-state index >= 15 is 0 Å². The van der Waals surface area contributed by atoms with Gasteiger partial charge in [0.05, 0.1) is 0 Å². The third kappa shape index (κ3) is 7.62. The van der Waals surface area contributed by atoms with E-state index < -0.39 is 11.9 Å². The van der Waals surface area contributed by atoms with Crippen LogP contribution < -0.4 is 5.32 Å². The fourth-order valence-electron chi connectivity index (χ4n) is 3.55. The molecular weight excluding hydrogens is 382 g/mol. The molecule has 1 aromatic carbocycles. The first-order valence-electron chi connectivity index (χ1n) is 9.50. The number of likely N-dealkylation sites (N-methyl/N-ethyl adjacent to an activating group) is 1. The molecular formula is C21H30ClNO5. The van der Waals surface area contributed by atoms with E-state index in [1.807, 2.05) is 12.1 Å². The molecule has 6 nitrogen and oxygen atoms in total. The number of carboxylic acid groups (broad SMARTS) is 2. The number of carboxylic acids is 2. The zero-order valence-corrected chi connectivity index (χ0v) is 17.2. The fourth-order valence-corrected chi connectivity index (χ4v) is 3.68. The number of nitrogens with one attached hydrogen (secondary N) is 1. The van der Waals surface area contributed by atoms with Gasteiger partial charge < -0.3 is 20.3 Å². The number of hydrogen-bond donors (Lipinski definition) is 3. The van der Waals surface area contributed by atoms with Crippen LogP contribution in [0.5, 0.6) is 0 Å². The lowest BCUT2D eigenvalue weighted by atomic mass is 9.59. The van der Waals surface area contributed by atoms with Gasteiger partial charge in [-0.05, 0) is 57.4 Å². The quantitative estimate of drug-likeness (QED) is 0.399. The highest BCUT2D eigenvalue weighted by Gasteiger charge is 2.44. The van der Waals surface area contributed by atoms with Gasteiger partial charge in [0.25, 0.3) is 0 Å². The molecule has 1 aromatic rings. The van der Waals surface area contributed by atoms with Crippen LogP contribution in [-0.2, 0) is 19.7 Å². The second-order valence-electron chi connectivity index (χ2n) is 6.71. The van der Waals surface area contributed by atoms with Gasteiger partial charge in [0.15, 0.2) is 0 Å². The van der Waals surface area contributed by atoms with Crippen molar-refractivity contribution in [3.8, 4) is 0 Å². The van der Waals surface area contributed by atoms with Gasteiger partial charge in [-0.15, -0.1) is 0 Å². The van der Waals surface area contributed by atoms with E-state index in [0.717, 1.165) is 24.7 Å². The molecule has 7 heteroatoms. The summed E-state index contributed by atoms with van der Waals surface area (Å²) in [6.45, 7) is 3.73. The van der Waals surface area contributed by atoms with Crippen molar-refractivity contribution in [3.05, 3.63) is 47.0 Å². The van der Waals surface area contributed by atoms with E-state index in [9.17, 15) is 9.59 Å². The van der Waals surface area contributed by atoms with Crippen molar-refractivity contribution in [1.82, 2.24) is 5.32 Å². The Balaban J connectivity index is 0.000000416. The number of ether oxygens (including phenoxy) is 1. The van der Waals surface area contributed by atoms with E-state index in [1.54, 1.807) is 0 Å². The average molecular weight is 412 g/mol. The normalized spacial score (nSPS) is 16.0. The SMILES string of the molecule is CCOCCCC(NC)C1(c2ccc(Cl)cc2)CCC1.O=C(O)/C=C\C(=O)O. The van der Waals surface area contributed by atoms with Gasteiger partial charge in [0.1, 0.15) is 0 Å². The first-order valence-corrected chi connectivity index (χ1v) is 9.88. The van der Waals surface area contributed by atoms with Crippen LogP contribution in [0.4, 0.5) is 0 Å². The summed E-state index contributed by atoms with van der Waals surface area (Å²) < 4.78 is 5.47. The molecule has 2 rings (SSSR count). The summed E-state index contributed by atoms with van der Waals surface area (Å²) in [5, 5.41) is 20.0. The lowest BCUT2D eigenvalue weighted by Gasteiger charge is -2.48. The van der Waals surface area contributed by atoms with Gasteiger partial charge in [-0.2, -0.15) is 0 Å². The monoisotopic (exact) mass is 411 g/mol. The smallest absolute Gasteiger partial charge is 0.328 e. The highest BCUT2D eigenvalue weighted by molar-refractivity contribution is 6.30. The van der Waals surface area contributed by atoms with Crippen LogP contribution in [0, 0.1) is 0 Å². The molecule has 28 heavy (non-hydrogen) atoms. The zero-order chi connectivity index (χ0) is 21.0. The summed E-state index contributed by atoms with van der Waals surface area (Å²) in [5.74, 6) is -2.51. The molecule has 0 aliphatic heterocycles. The fraction of sp³-hybridized carbons (Fsp3) is 0.524. The van der Waals surface area contributed by atoms with Gasteiger partial charge >= 0.3 is 11.9 Å².